The van der Waals surface area contributed by atoms with Crippen LogP contribution in [0, 0.1) is 19.8 Å². The molecule has 1 aliphatic carbocycles. The molecule has 1 fully saturated rings. The van der Waals surface area contributed by atoms with Crippen molar-refractivity contribution in [3.05, 3.63) is 21.4 Å². The third-order valence-electron chi connectivity index (χ3n) is 3.66. The molecule has 2 N–H and O–H groups in total. The molecule has 17 heavy (non-hydrogen) atoms. The second-order valence-corrected chi connectivity index (χ2v) is 6.59. The summed E-state index contributed by atoms with van der Waals surface area (Å²) in [6.07, 6.45) is 4.01. The summed E-state index contributed by atoms with van der Waals surface area (Å²) in [5, 5.41) is 0. The molecule has 1 aromatic heterocycles. The van der Waals surface area contributed by atoms with E-state index in [4.69, 9.17) is 10.5 Å². The minimum atomic E-state index is 0.215. The normalized spacial score (nSPS) is 25.6. The van der Waals surface area contributed by atoms with E-state index < -0.39 is 0 Å². The van der Waals surface area contributed by atoms with E-state index >= 15 is 0 Å². The predicted octanol–water partition coefficient (Wildman–Crippen LogP) is 3.57. The standard InChI is InChI=1S/C14H23NOS/c1-4-16-12-6-11(7-12)8-14(15)13-5-9(2)17-10(13)3/h5,11-12,14H,4,6-8,15H2,1-3H3. The van der Waals surface area contributed by atoms with Gasteiger partial charge in [0.2, 0.25) is 0 Å². The van der Waals surface area contributed by atoms with E-state index in [1.54, 1.807) is 0 Å². The summed E-state index contributed by atoms with van der Waals surface area (Å²) < 4.78 is 5.58. The number of hydrogen-bond acceptors (Lipinski definition) is 3. The summed E-state index contributed by atoms with van der Waals surface area (Å²) >= 11 is 1.85. The molecule has 1 unspecified atom stereocenters. The highest BCUT2D eigenvalue weighted by molar-refractivity contribution is 7.12. The van der Waals surface area contributed by atoms with Gasteiger partial charge in [0.1, 0.15) is 0 Å². The van der Waals surface area contributed by atoms with E-state index in [1.807, 2.05) is 11.3 Å². The van der Waals surface area contributed by atoms with Gasteiger partial charge >= 0.3 is 0 Å². The second-order valence-electron chi connectivity index (χ2n) is 5.13. The van der Waals surface area contributed by atoms with Gasteiger partial charge in [0, 0.05) is 22.4 Å². The van der Waals surface area contributed by atoms with Crippen LogP contribution in [0.5, 0.6) is 0 Å². The Hall–Kier alpha value is -0.380. The first-order valence-electron chi connectivity index (χ1n) is 6.54. The van der Waals surface area contributed by atoms with Gasteiger partial charge in [-0.25, -0.2) is 0 Å². The average Bonchev–Trinajstić information content (AvgIpc) is 2.54. The highest BCUT2D eigenvalue weighted by Gasteiger charge is 2.31. The smallest absolute Gasteiger partial charge is 0.0580 e. The van der Waals surface area contributed by atoms with Crippen molar-refractivity contribution < 1.29 is 4.74 Å². The first-order chi connectivity index (χ1) is 8.10. The van der Waals surface area contributed by atoms with Gasteiger partial charge in [-0.2, -0.15) is 0 Å². The van der Waals surface area contributed by atoms with Crippen molar-refractivity contribution in [2.75, 3.05) is 6.61 Å². The molecule has 0 aliphatic heterocycles. The monoisotopic (exact) mass is 253 g/mol. The Labute approximate surface area is 108 Å². The van der Waals surface area contributed by atoms with Crippen molar-refractivity contribution in [1.82, 2.24) is 0 Å². The molecule has 0 amide bonds. The summed E-state index contributed by atoms with van der Waals surface area (Å²) in [7, 11) is 0. The topological polar surface area (TPSA) is 35.2 Å². The van der Waals surface area contributed by atoms with Crippen molar-refractivity contribution in [2.24, 2.45) is 11.7 Å². The van der Waals surface area contributed by atoms with Gasteiger partial charge < -0.3 is 10.5 Å². The second kappa shape index (κ2) is 5.51. The molecular formula is C14H23NOS. The number of nitrogens with two attached hydrogens (primary N) is 1. The van der Waals surface area contributed by atoms with Gasteiger partial charge in [0.25, 0.3) is 0 Å². The number of thiophene rings is 1. The zero-order chi connectivity index (χ0) is 12.4. The molecule has 1 heterocycles. The van der Waals surface area contributed by atoms with Gasteiger partial charge in [-0.3, -0.25) is 0 Å². The summed E-state index contributed by atoms with van der Waals surface area (Å²) in [4.78, 5) is 2.75. The van der Waals surface area contributed by atoms with Crippen LogP contribution in [0.1, 0.15) is 47.5 Å². The Morgan fingerprint density at radius 1 is 1.47 bits per heavy atom. The molecule has 96 valence electrons. The van der Waals surface area contributed by atoms with E-state index in [2.05, 4.69) is 26.8 Å². The molecule has 0 spiro atoms. The van der Waals surface area contributed by atoms with Crippen molar-refractivity contribution >= 4 is 11.3 Å². The van der Waals surface area contributed by atoms with E-state index in [0.717, 1.165) is 18.9 Å². The largest absolute Gasteiger partial charge is 0.378 e. The average molecular weight is 253 g/mol. The van der Waals surface area contributed by atoms with Crippen LogP contribution in [0.25, 0.3) is 0 Å². The zero-order valence-electron chi connectivity index (χ0n) is 11.0. The fourth-order valence-corrected chi connectivity index (χ4v) is 3.74. The van der Waals surface area contributed by atoms with Crippen LogP contribution < -0.4 is 5.73 Å². The summed E-state index contributed by atoms with van der Waals surface area (Å²) in [5.74, 6) is 0.765. The lowest BCUT2D eigenvalue weighted by Crippen LogP contribution is -2.33. The van der Waals surface area contributed by atoms with E-state index in [9.17, 15) is 0 Å². The number of aryl methyl sites for hydroxylation is 2. The Balaban J connectivity index is 1.82. The molecule has 2 nitrogen and oxygen atoms in total. The Bertz CT molecular complexity index is 368. The van der Waals surface area contributed by atoms with E-state index in [0.29, 0.717) is 6.10 Å². The highest BCUT2D eigenvalue weighted by atomic mass is 32.1. The Kier molecular flexibility index (Phi) is 4.23. The maximum absolute atomic E-state index is 6.30. The first-order valence-corrected chi connectivity index (χ1v) is 7.36. The third-order valence-corrected chi connectivity index (χ3v) is 4.64. The molecular weight excluding hydrogens is 230 g/mol. The van der Waals surface area contributed by atoms with Crippen molar-refractivity contribution in [3.8, 4) is 0 Å². The summed E-state index contributed by atoms with van der Waals surface area (Å²) in [6, 6.07) is 2.47. The minimum Gasteiger partial charge on any atom is -0.378 e. The lowest BCUT2D eigenvalue weighted by Gasteiger charge is -2.36. The van der Waals surface area contributed by atoms with Gasteiger partial charge in [0.05, 0.1) is 6.10 Å². The highest BCUT2D eigenvalue weighted by Crippen LogP contribution is 2.37. The zero-order valence-corrected chi connectivity index (χ0v) is 11.8. The quantitative estimate of drug-likeness (QED) is 0.870. The van der Waals surface area contributed by atoms with Crippen molar-refractivity contribution in [3.63, 3.8) is 0 Å². The molecule has 2 rings (SSSR count). The molecule has 0 saturated heterocycles. The van der Waals surface area contributed by atoms with Crippen molar-refractivity contribution in [2.45, 2.75) is 52.2 Å². The lowest BCUT2D eigenvalue weighted by molar-refractivity contribution is -0.0282. The molecule has 3 heteroatoms. The number of rotatable bonds is 5. The maximum atomic E-state index is 6.30. The Morgan fingerprint density at radius 2 is 2.18 bits per heavy atom. The van der Waals surface area contributed by atoms with E-state index in [-0.39, 0.29) is 6.04 Å². The molecule has 0 bridgehead atoms. The van der Waals surface area contributed by atoms with Crippen LogP contribution in [-0.2, 0) is 4.74 Å². The Morgan fingerprint density at radius 3 is 2.71 bits per heavy atom. The van der Waals surface area contributed by atoms with Crippen LogP contribution in [0.15, 0.2) is 6.07 Å². The lowest BCUT2D eigenvalue weighted by atomic mass is 9.77. The summed E-state index contributed by atoms with van der Waals surface area (Å²) in [6.45, 7) is 7.24. The number of hydrogen-bond donors (Lipinski definition) is 1. The molecule has 1 aliphatic rings. The molecule has 1 atom stereocenters. The van der Waals surface area contributed by atoms with Crippen LogP contribution >= 0.6 is 11.3 Å². The van der Waals surface area contributed by atoms with Crippen molar-refractivity contribution in [1.29, 1.82) is 0 Å². The van der Waals surface area contributed by atoms with Crippen LogP contribution in [0.2, 0.25) is 0 Å². The van der Waals surface area contributed by atoms with Gasteiger partial charge in [-0.15, -0.1) is 11.3 Å². The fourth-order valence-electron chi connectivity index (χ4n) is 2.74. The fraction of sp³-hybridized carbons (Fsp3) is 0.714. The third kappa shape index (κ3) is 3.09. The first kappa shape index (κ1) is 13.1. The summed E-state index contributed by atoms with van der Waals surface area (Å²) in [5.41, 5.74) is 7.66. The maximum Gasteiger partial charge on any atom is 0.0580 e. The SMILES string of the molecule is CCOC1CC(CC(N)c2cc(C)sc2C)C1. The minimum absolute atomic E-state index is 0.215. The molecule has 1 aromatic rings. The van der Waals surface area contributed by atoms with Crippen LogP contribution in [-0.4, -0.2) is 12.7 Å². The molecule has 1 saturated carbocycles. The number of ether oxygens (including phenoxy) is 1. The van der Waals surface area contributed by atoms with Gasteiger partial charge in [-0.05, 0) is 57.6 Å². The van der Waals surface area contributed by atoms with Crippen LogP contribution in [0.4, 0.5) is 0 Å². The van der Waals surface area contributed by atoms with Gasteiger partial charge in [0.15, 0.2) is 0 Å². The van der Waals surface area contributed by atoms with Gasteiger partial charge in [-0.1, -0.05) is 0 Å². The van der Waals surface area contributed by atoms with E-state index in [1.165, 1.54) is 28.2 Å². The molecule has 0 aromatic carbocycles. The molecule has 0 radical (unpaired) electrons. The van der Waals surface area contributed by atoms with Crippen LogP contribution in [0.3, 0.4) is 0 Å². The predicted molar refractivity (Wildman–Crippen MR) is 73.5 cm³/mol.